The van der Waals surface area contributed by atoms with Crippen LogP contribution in [0, 0.1) is 13.8 Å². The molecule has 0 aliphatic rings. The molecule has 8 heteroatoms. The Bertz CT molecular complexity index is 737. The van der Waals surface area contributed by atoms with Crippen LogP contribution in [0.2, 0.25) is 5.02 Å². The van der Waals surface area contributed by atoms with Crippen molar-refractivity contribution in [3.63, 3.8) is 0 Å². The molecule has 21 heavy (non-hydrogen) atoms. The van der Waals surface area contributed by atoms with Gasteiger partial charge in [-0.25, -0.2) is 13.1 Å². The van der Waals surface area contributed by atoms with Gasteiger partial charge in [-0.1, -0.05) is 22.8 Å². The van der Waals surface area contributed by atoms with Crippen molar-refractivity contribution in [3.05, 3.63) is 45.8 Å². The Morgan fingerprint density at radius 1 is 1.38 bits per heavy atom. The van der Waals surface area contributed by atoms with Gasteiger partial charge in [-0.3, -0.25) is 0 Å². The average molecular weight is 330 g/mol. The Labute approximate surface area is 128 Å². The summed E-state index contributed by atoms with van der Waals surface area (Å²) in [6.07, 6.45) is 0. The Hall–Kier alpha value is -1.41. The first kappa shape index (κ1) is 16.0. The lowest BCUT2D eigenvalue weighted by Crippen LogP contribution is -2.23. The van der Waals surface area contributed by atoms with Gasteiger partial charge in [0.25, 0.3) is 0 Å². The number of halogens is 1. The Kier molecular flexibility index (Phi) is 4.67. The molecule has 0 saturated heterocycles. The maximum absolute atomic E-state index is 12.2. The van der Waals surface area contributed by atoms with Crippen molar-refractivity contribution < 1.29 is 12.9 Å². The minimum Gasteiger partial charge on any atom is -0.361 e. The first-order valence-corrected chi connectivity index (χ1v) is 8.11. The molecule has 1 heterocycles. The molecule has 0 unspecified atom stereocenters. The van der Waals surface area contributed by atoms with Gasteiger partial charge >= 0.3 is 0 Å². The van der Waals surface area contributed by atoms with Gasteiger partial charge < -0.3 is 10.3 Å². The van der Waals surface area contributed by atoms with Crippen LogP contribution in [0.25, 0.3) is 0 Å². The van der Waals surface area contributed by atoms with Crippen LogP contribution in [0.4, 0.5) is 0 Å². The summed E-state index contributed by atoms with van der Waals surface area (Å²) < 4.78 is 32.0. The van der Waals surface area contributed by atoms with Crippen LogP contribution in [0.15, 0.2) is 27.6 Å². The number of nitrogens with one attached hydrogen (secondary N) is 1. The van der Waals surface area contributed by atoms with Gasteiger partial charge in [0.2, 0.25) is 10.0 Å². The molecule has 3 N–H and O–H groups in total. The largest absolute Gasteiger partial charge is 0.361 e. The number of sulfonamides is 1. The van der Waals surface area contributed by atoms with E-state index >= 15 is 0 Å². The lowest BCUT2D eigenvalue weighted by Gasteiger charge is -2.08. The van der Waals surface area contributed by atoms with E-state index in [1.54, 1.807) is 19.9 Å². The summed E-state index contributed by atoms with van der Waals surface area (Å²) in [5.41, 5.74) is 7.58. The summed E-state index contributed by atoms with van der Waals surface area (Å²) in [5.74, 6) is 0.590. The molecule has 1 aromatic carbocycles. The van der Waals surface area contributed by atoms with E-state index in [0.717, 1.165) is 5.56 Å². The predicted octanol–water partition coefficient (Wildman–Crippen LogP) is 1.88. The number of aryl methyl sites for hydroxylation is 2. The Balaban J connectivity index is 2.21. The van der Waals surface area contributed by atoms with E-state index in [1.807, 2.05) is 0 Å². The first-order valence-electron chi connectivity index (χ1n) is 6.25. The van der Waals surface area contributed by atoms with Crippen LogP contribution in [-0.4, -0.2) is 13.6 Å². The molecule has 0 amide bonds. The summed E-state index contributed by atoms with van der Waals surface area (Å²) in [4.78, 5) is 0.0939. The van der Waals surface area contributed by atoms with Gasteiger partial charge in [0.1, 0.15) is 5.76 Å². The standard InChI is InChI=1S/C13H16ClN3O3S/c1-8-12(9(2)20-17-8)7-16-21(18,19)11-4-3-10(6-15)13(14)5-11/h3-5,16H,6-7,15H2,1-2H3. The highest BCUT2D eigenvalue weighted by Crippen LogP contribution is 2.21. The second-order valence-corrected chi connectivity index (χ2v) is 6.76. The second-order valence-electron chi connectivity index (χ2n) is 4.58. The van der Waals surface area contributed by atoms with Crippen molar-refractivity contribution >= 4 is 21.6 Å². The highest BCUT2D eigenvalue weighted by atomic mass is 35.5. The molecular formula is C13H16ClN3O3S. The number of hydrogen-bond acceptors (Lipinski definition) is 5. The Morgan fingerprint density at radius 2 is 2.10 bits per heavy atom. The molecule has 0 bridgehead atoms. The number of benzene rings is 1. The maximum atomic E-state index is 12.2. The molecule has 2 aromatic rings. The molecule has 1 aromatic heterocycles. The average Bonchev–Trinajstić information content (AvgIpc) is 2.76. The smallest absolute Gasteiger partial charge is 0.240 e. The first-order chi connectivity index (χ1) is 9.85. The number of nitrogens with zero attached hydrogens (tertiary/aromatic N) is 1. The van der Waals surface area contributed by atoms with E-state index in [4.69, 9.17) is 21.9 Å². The molecule has 0 spiro atoms. The fourth-order valence-corrected chi connectivity index (χ4v) is 3.21. The molecule has 0 saturated carbocycles. The zero-order valence-electron chi connectivity index (χ0n) is 11.7. The SMILES string of the molecule is Cc1noc(C)c1CNS(=O)(=O)c1ccc(CN)c(Cl)c1. The maximum Gasteiger partial charge on any atom is 0.240 e. The second kappa shape index (κ2) is 6.15. The summed E-state index contributed by atoms with van der Waals surface area (Å²) in [6, 6.07) is 4.47. The molecule has 0 aliphatic carbocycles. The lowest BCUT2D eigenvalue weighted by molar-refractivity contribution is 0.392. The molecule has 6 nitrogen and oxygen atoms in total. The third kappa shape index (κ3) is 3.44. The van der Waals surface area contributed by atoms with Gasteiger partial charge in [-0.2, -0.15) is 0 Å². The van der Waals surface area contributed by atoms with Crippen molar-refractivity contribution in [2.75, 3.05) is 0 Å². The quantitative estimate of drug-likeness (QED) is 0.872. The minimum absolute atomic E-state index is 0.0939. The monoisotopic (exact) mass is 329 g/mol. The van der Waals surface area contributed by atoms with Crippen molar-refractivity contribution in [1.82, 2.24) is 9.88 Å². The van der Waals surface area contributed by atoms with Crippen molar-refractivity contribution in [2.24, 2.45) is 5.73 Å². The summed E-state index contributed by atoms with van der Waals surface area (Å²) in [7, 11) is -3.66. The van der Waals surface area contributed by atoms with Crippen molar-refractivity contribution in [3.8, 4) is 0 Å². The van der Waals surface area contributed by atoms with Gasteiger partial charge in [0.05, 0.1) is 10.6 Å². The van der Waals surface area contributed by atoms with Gasteiger partial charge in [-0.05, 0) is 31.5 Å². The van der Waals surface area contributed by atoms with Crippen LogP contribution in [0.1, 0.15) is 22.6 Å². The zero-order valence-corrected chi connectivity index (χ0v) is 13.3. The number of aromatic nitrogens is 1. The molecule has 0 atom stereocenters. The number of hydrogen-bond donors (Lipinski definition) is 2. The molecule has 0 fully saturated rings. The van der Waals surface area contributed by atoms with E-state index in [9.17, 15) is 8.42 Å². The van der Waals surface area contributed by atoms with E-state index in [1.165, 1.54) is 12.1 Å². The molecular weight excluding hydrogens is 314 g/mol. The third-order valence-corrected chi connectivity index (χ3v) is 4.93. The van der Waals surface area contributed by atoms with Crippen molar-refractivity contribution in [1.29, 1.82) is 0 Å². The zero-order chi connectivity index (χ0) is 15.6. The van der Waals surface area contributed by atoms with Crippen LogP contribution in [0.5, 0.6) is 0 Å². The number of rotatable bonds is 5. The minimum atomic E-state index is -3.66. The predicted molar refractivity (Wildman–Crippen MR) is 79.3 cm³/mol. The normalized spacial score (nSPS) is 11.8. The molecule has 0 radical (unpaired) electrons. The van der Waals surface area contributed by atoms with E-state index in [0.29, 0.717) is 22.0 Å². The highest BCUT2D eigenvalue weighted by molar-refractivity contribution is 7.89. The van der Waals surface area contributed by atoms with Gasteiger partial charge in [0.15, 0.2) is 0 Å². The fourth-order valence-electron chi connectivity index (χ4n) is 1.87. The van der Waals surface area contributed by atoms with Crippen molar-refractivity contribution in [2.45, 2.75) is 31.8 Å². The van der Waals surface area contributed by atoms with Gasteiger partial charge in [0, 0.05) is 23.7 Å². The Morgan fingerprint density at radius 3 is 2.62 bits per heavy atom. The van der Waals surface area contributed by atoms with Crippen LogP contribution < -0.4 is 10.5 Å². The van der Waals surface area contributed by atoms with Crippen LogP contribution >= 0.6 is 11.6 Å². The molecule has 0 aliphatic heterocycles. The van der Waals surface area contributed by atoms with E-state index in [-0.39, 0.29) is 18.0 Å². The highest BCUT2D eigenvalue weighted by Gasteiger charge is 2.17. The number of nitrogens with two attached hydrogens (primary N) is 1. The summed E-state index contributed by atoms with van der Waals surface area (Å²) in [5, 5.41) is 4.11. The third-order valence-electron chi connectivity index (χ3n) is 3.17. The summed E-state index contributed by atoms with van der Waals surface area (Å²) >= 11 is 5.99. The van der Waals surface area contributed by atoms with E-state index in [2.05, 4.69) is 9.88 Å². The molecule has 114 valence electrons. The van der Waals surface area contributed by atoms with Gasteiger partial charge in [-0.15, -0.1) is 0 Å². The van der Waals surface area contributed by atoms with E-state index < -0.39 is 10.0 Å². The van der Waals surface area contributed by atoms with Crippen LogP contribution in [0.3, 0.4) is 0 Å². The molecule has 2 rings (SSSR count). The summed E-state index contributed by atoms with van der Waals surface area (Å²) in [6.45, 7) is 3.86. The fraction of sp³-hybridized carbons (Fsp3) is 0.308. The topological polar surface area (TPSA) is 98.2 Å². The lowest BCUT2D eigenvalue weighted by atomic mass is 10.2. The van der Waals surface area contributed by atoms with Crippen LogP contribution in [-0.2, 0) is 23.1 Å².